The Kier molecular flexibility index (Phi) is 4.23. The Hall–Kier alpha value is -3.42. The fourth-order valence-corrected chi connectivity index (χ4v) is 4.52. The van der Waals surface area contributed by atoms with Gasteiger partial charge in [0.05, 0.1) is 45.2 Å². The Morgan fingerprint density at radius 2 is 1.63 bits per heavy atom. The number of carbonyl (C=O) groups excluding carboxylic acids is 1. The van der Waals surface area contributed by atoms with Gasteiger partial charge in [-0.3, -0.25) is 9.79 Å². The van der Waals surface area contributed by atoms with Crippen molar-refractivity contribution in [1.29, 1.82) is 0 Å². The molecular weight excluding hydrogens is 388 g/mol. The lowest BCUT2D eigenvalue weighted by molar-refractivity contribution is -0.129. The molecule has 0 aromatic heterocycles. The van der Waals surface area contributed by atoms with Crippen LogP contribution < -0.4 is 23.7 Å². The van der Waals surface area contributed by atoms with Crippen LogP contribution in [0.4, 0.5) is 5.69 Å². The smallest absolute Gasteiger partial charge is 0.232 e. The van der Waals surface area contributed by atoms with Gasteiger partial charge in [-0.1, -0.05) is 0 Å². The van der Waals surface area contributed by atoms with E-state index in [1.807, 2.05) is 24.3 Å². The third-order valence-electron chi connectivity index (χ3n) is 5.90. The Bertz CT molecular complexity index is 1050. The number of hydrogen-bond donors (Lipinski definition) is 0. The van der Waals surface area contributed by atoms with Crippen LogP contribution in [0.5, 0.6) is 28.7 Å². The molecule has 30 heavy (non-hydrogen) atoms. The van der Waals surface area contributed by atoms with Gasteiger partial charge in [0.15, 0.2) is 23.0 Å². The van der Waals surface area contributed by atoms with Crippen LogP contribution in [0.3, 0.4) is 0 Å². The van der Waals surface area contributed by atoms with Gasteiger partial charge in [-0.2, -0.15) is 0 Å². The summed E-state index contributed by atoms with van der Waals surface area (Å²) < 4.78 is 27.7. The number of benzene rings is 2. The number of nitrogens with zero attached hydrogens (tertiary/aromatic N) is 2. The maximum absolute atomic E-state index is 13.1. The number of ether oxygens (including phenoxy) is 5. The molecule has 0 bridgehead atoms. The van der Waals surface area contributed by atoms with Crippen LogP contribution in [0.1, 0.15) is 17.0 Å². The molecule has 0 saturated carbocycles. The number of amides is 1. The SMILES string of the molecule is COc1cc(C2c3cc4c(cc3N=C3CN(C)C(=O)C32)OCO4)cc(OC)c1OC. The monoisotopic (exact) mass is 410 g/mol. The second kappa shape index (κ2) is 6.83. The predicted molar refractivity (Wildman–Crippen MR) is 109 cm³/mol. The van der Waals surface area contributed by atoms with Gasteiger partial charge in [-0.25, -0.2) is 0 Å². The highest BCUT2D eigenvalue weighted by atomic mass is 16.7. The van der Waals surface area contributed by atoms with E-state index in [0.717, 1.165) is 22.5 Å². The van der Waals surface area contributed by atoms with Gasteiger partial charge in [-0.05, 0) is 29.3 Å². The molecule has 0 N–H and O–H groups in total. The van der Waals surface area contributed by atoms with Gasteiger partial charge in [0, 0.05) is 19.0 Å². The van der Waals surface area contributed by atoms with Gasteiger partial charge >= 0.3 is 0 Å². The zero-order chi connectivity index (χ0) is 21.0. The molecule has 0 aliphatic carbocycles. The lowest BCUT2D eigenvalue weighted by atomic mass is 9.76. The summed E-state index contributed by atoms with van der Waals surface area (Å²) in [7, 11) is 6.52. The molecule has 0 radical (unpaired) electrons. The van der Waals surface area contributed by atoms with Crippen molar-refractivity contribution in [2.45, 2.75) is 5.92 Å². The second-order valence-electron chi connectivity index (χ2n) is 7.48. The van der Waals surface area contributed by atoms with Crippen molar-refractivity contribution in [1.82, 2.24) is 4.90 Å². The second-order valence-corrected chi connectivity index (χ2v) is 7.48. The molecular formula is C22H22N2O6. The molecule has 1 fully saturated rings. The van der Waals surface area contributed by atoms with Gasteiger partial charge in [0.25, 0.3) is 0 Å². The topological polar surface area (TPSA) is 78.8 Å². The molecule has 3 aliphatic rings. The maximum atomic E-state index is 13.1. The minimum absolute atomic E-state index is 0.0378. The molecule has 2 atom stereocenters. The summed E-state index contributed by atoms with van der Waals surface area (Å²) in [5.74, 6) is 2.28. The van der Waals surface area contributed by atoms with Crippen LogP contribution in [0.15, 0.2) is 29.3 Å². The van der Waals surface area contributed by atoms with E-state index in [4.69, 9.17) is 28.7 Å². The third-order valence-corrected chi connectivity index (χ3v) is 5.90. The Balaban J connectivity index is 1.74. The Labute approximate surface area is 174 Å². The molecule has 3 aliphatic heterocycles. The van der Waals surface area contributed by atoms with Gasteiger partial charge < -0.3 is 28.6 Å². The van der Waals surface area contributed by atoms with E-state index in [9.17, 15) is 4.79 Å². The summed E-state index contributed by atoms with van der Waals surface area (Å²) in [6.07, 6.45) is 0. The standard InChI is InChI=1S/C22H22N2O6/c1-24-9-14-20(22(24)25)19(11-5-17(26-2)21(28-4)18(6-11)27-3)12-7-15-16(30-10-29-15)8-13(12)23-14/h5-8,19-20H,9-10H2,1-4H3. The van der Waals surface area contributed by atoms with Crippen molar-refractivity contribution in [3.8, 4) is 28.7 Å². The van der Waals surface area contributed by atoms with Crippen molar-refractivity contribution in [3.05, 3.63) is 35.4 Å². The number of hydrogen-bond acceptors (Lipinski definition) is 7. The first-order chi connectivity index (χ1) is 14.5. The van der Waals surface area contributed by atoms with Gasteiger partial charge in [0.2, 0.25) is 18.4 Å². The van der Waals surface area contributed by atoms with Crippen molar-refractivity contribution in [2.24, 2.45) is 10.9 Å². The third kappa shape index (κ3) is 2.59. The fraction of sp³-hybridized carbons (Fsp3) is 0.364. The highest BCUT2D eigenvalue weighted by molar-refractivity contribution is 6.14. The minimum Gasteiger partial charge on any atom is -0.493 e. The molecule has 2 aromatic rings. The number of fused-ring (bicyclic) bond motifs is 3. The first-order valence-electron chi connectivity index (χ1n) is 9.61. The Morgan fingerprint density at radius 1 is 0.967 bits per heavy atom. The average molecular weight is 410 g/mol. The number of likely N-dealkylation sites (tertiary alicyclic amines) is 1. The molecule has 2 aromatic carbocycles. The van der Waals surface area contributed by atoms with Crippen LogP contribution >= 0.6 is 0 Å². The summed E-state index contributed by atoms with van der Waals surface area (Å²) >= 11 is 0. The lowest BCUT2D eigenvalue weighted by Gasteiger charge is -2.29. The molecule has 1 saturated heterocycles. The van der Waals surface area contributed by atoms with Gasteiger partial charge in [-0.15, -0.1) is 0 Å². The maximum Gasteiger partial charge on any atom is 0.232 e. The van der Waals surface area contributed by atoms with Gasteiger partial charge in [0.1, 0.15) is 0 Å². The fourth-order valence-electron chi connectivity index (χ4n) is 4.52. The van der Waals surface area contributed by atoms with Crippen LogP contribution in [0, 0.1) is 5.92 Å². The van der Waals surface area contributed by atoms with E-state index >= 15 is 0 Å². The molecule has 0 spiro atoms. The predicted octanol–water partition coefficient (Wildman–Crippen LogP) is 2.75. The van der Waals surface area contributed by atoms with Crippen LogP contribution in [-0.2, 0) is 4.79 Å². The van der Waals surface area contributed by atoms with Crippen molar-refractivity contribution < 1.29 is 28.5 Å². The van der Waals surface area contributed by atoms with Crippen molar-refractivity contribution >= 4 is 17.3 Å². The summed E-state index contributed by atoms with van der Waals surface area (Å²) in [4.78, 5) is 19.6. The molecule has 8 nitrogen and oxygen atoms in total. The van der Waals surface area contributed by atoms with E-state index in [-0.39, 0.29) is 18.6 Å². The van der Waals surface area contributed by atoms with Crippen LogP contribution in [0.25, 0.3) is 0 Å². The zero-order valence-electron chi connectivity index (χ0n) is 17.2. The van der Waals surface area contributed by atoms with Crippen molar-refractivity contribution in [3.63, 3.8) is 0 Å². The molecule has 2 unspecified atom stereocenters. The van der Waals surface area contributed by atoms with E-state index in [1.54, 1.807) is 33.3 Å². The first-order valence-corrected chi connectivity index (χ1v) is 9.61. The highest BCUT2D eigenvalue weighted by Gasteiger charge is 2.46. The first kappa shape index (κ1) is 18.6. The van der Waals surface area contributed by atoms with E-state index in [2.05, 4.69) is 0 Å². The van der Waals surface area contributed by atoms with E-state index < -0.39 is 5.92 Å². The average Bonchev–Trinajstić information content (AvgIpc) is 3.32. The van der Waals surface area contributed by atoms with Crippen molar-refractivity contribution in [2.75, 3.05) is 41.7 Å². The zero-order valence-corrected chi connectivity index (χ0v) is 17.2. The molecule has 8 heteroatoms. The number of aliphatic imine (C=N–C) groups is 1. The summed E-state index contributed by atoms with van der Waals surface area (Å²) in [6.45, 7) is 0.674. The summed E-state index contributed by atoms with van der Waals surface area (Å²) in [5.41, 5.74) is 3.41. The Morgan fingerprint density at radius 3 is 2.27 bits per heavy atom. The van der Waals surface area contributed by atoms with E-state index in [1.165, 1.54) is 0 Å². The molecule has 5 rings (SSSR count). The van der Waals surface area contributed by atoms with Crippen LogP contribution in [-0.4, -0.2) is 58.2 Å². The number of rotatable bonds is 4. The van der Waals surface area contributed by atoms with E-state index in [0.29, 0.717) is 35.3 Å². The molecule has 1 amide bonds. The summed E-state index contributed by atoms with van der Waals surface area (Å²) in [6, 6.07) is 7.61. The normalized spacial score (nSPS) is 21.1. The molecule has 3 heterocycles. The highest BCUT2D eigenvalue weighted by Crippen LogP contribution is 2.51. The lowest BCUT2D eigenvalue weighted by Crippen LogP contribution is -2.30. The largest absolute Gasteiger partial charge is 0.493 e. The quantitative estimate of drug-likeness (QED) is 0.771. The minimum atomic E-state index is -0.398. The summed E-state index contributed by atoms with van der Waals surface area (Å²) in [5, 5.41) is 0. The number of carbonyl (C=O) groups is 1. The molecule has 156 valence electrons. The number of methoxy groups -OCH3 is 3. The van der Waals surface area contributed by atoms with Crippen LogP contribution in [0.2, 0.25) is 0 Å².